The van der Waals surface area contributed by atoms with Crippen molar-refractivity contribution in [2.75, 3.05) is 6.61 Å². The van der Waals surface area contributed by atoms with Crippen LogP contribution in [0.4, 0.5) is 0 Å². The highest BCUT2D eigenvalue weighted by Crippen LogP contribution is 2.56. The summed E-state index contributed by atoms with van der Waals surface area (Å²) in [6, 6.07) is 0. The molecule has 4 heteroatoms. The minimum absolute atomic E-state index is 0.177. The zero-order chi connectivity index (χ0) is 9.81. The van der Waals surface area contributed by atoms with Crippen molar-refractivity contribution in [3.63, 3.8) is 0 Å². The average Bonchev–Trinajstić information content (AvgIpc) is 2.60. The fourth-order valence-corrected chi connectivity index (χ4v) is 2.70. The Morgan fingerprint density at radius 2 is 2.00 bits per heavy atom. The number of ether oxygens (including phenoxy) is 2. The molecule has 2 aliphatic heterocycles. The molecule has 74 valence electrons. The van der Waals surface area contributed by atoms with Crippen LogP contribution in [0.25, 0.3) is 0 Å². The molecule has 0 aromatic carbocycles. The van der Waals surface area contributed by atoms with Crippen molar-refractivity contribution in [1.82, 2.24) is 0 Å². The number of esters is 2. The van der Waals surface area contributed by atoms with E-state index in [1.807, 2.05) is 12.2 Å². The first-order valence-electron chi connectivity index (χ1n) is 4.73. The van der Waals surface area contributed by atoms with Gasteiger partial charge in [-0.25, -0.2) is 0 Å². The summed E-state index contributed by atoms with van der Waals surface area (Å²) in [5, 5.41) is 0. The normalized spacial score (nSPS) is 44.3. The van der Waals surface area contributed by atoms with Crippen LogP contribution in [0.1, 0.15) is 19.3 Å². The smallest absolute Gasteiger partial charge is 0.317 e. The van der Waals surface area contributed by atoms with Gasteiger partial charge in [0.25, 0.3) is 0 Å². The molecule has 2 heterocycles. The Labute approximate surface area is 80.9 Å². The van der Waals surface area contributed by atoms with E-state index in [2.05, 4.69) is 0 Å². The van der Waals surface area contributed by atoms with Crippen LogP contribution in [0, 0.1) is 5.41 Å². The minimum atomic E-state index is -0.709. The lowest BCUT2D eigenvalue weighted by molar-refractivity contribution is -0.152. The van der Waals surface area contributed by atoms with Crippen LogP contribution < -0.4 is 0 Å². The van der Waals surface area contributed by atoms with Gasteiger partial charge in [-0.1, -0.05) is 12.2 Å². The summed E-state index contributed by atoms with van der Waals surface area (Å²) in [5.74, 6) is -0.543. The van der Waals surface area contributed by atoms with E-state index in [1.54, 1.807) is 0 Å². The molecule has 0 spiro atoms. The van der Waals surface area contributed by atoms with Crippen molar-refractivity contribution in [2.24, 2.45) is 5.41 Å². The molecule has 0 N–H and O–H groups in total. The number of allylic oxidation sites excluding steroid dienone is 1. The fourth-order valence-electron chi connectivity index (χ4n) is 2.70. The third-order valence-electron chi connectivity index (χ3n) is 3.54. The van der Waals surface area contributed by atoms with E-state index in [0.717, 1.165) is 0 Å². The Kier molecular flexibility index (Phi) is 1.25. The first-order chi connectivity index (χ1) is 6.69. The second kappa shape index (κ2) is 2.19. The lowest BCUT2D eigenvalue weighted by Gasteiger charge is -2.34. The number of hydrogen-bond donors (Lipinski definition) is 0. The van der Waals surface area contributed by atoms with Crippen LogP contribution >= 0.6 is 0 Å². The number of carbonyl (C=O) groups excluding carboxylic acids is 2. The van der Waals surface area contributed by atoms with Gasteiger partial charge in [-0.2, -0.15) is 0 Å². The minimum Gasteiger partial charge on any atom is -0.461 e. The summed E-state index contributed by atoms with van der Waals surface area (Å²) < 4.78 is 10.3. The highest BCUT2D eigenvalue weighted by molar-refractivity contribution is 5.90. The predicted molar refractivity (Wildman–Crippen MR) is 45.2 cm³/mol. The summed E-state index contributed by atoms with van der Waals surface area (Å²) in [7, 11) is 0. The van der Waals surface area contributed by atoms with Gasteiger partial charge in [0, 0.05) is 6.42 Å². The molecule has 4 nitrogen and oxygen atoms in total. The van der Waals surface area contributed by atoms with Crippen LogP contribution in [-0.2, 0) is 19.1 Å². The maximum absolute atomic E-state index is 11.7. The van der Waals surface area contributed by atoms with Crippen molar-refractivity contribution in [2.45, 2.75) is 24.9 Å². The molecule has 0 amide bonds. The topological polar surface area (TPSA) is 52.6 Å². The molecule has 0 aromatic heterocycles. The molecule has 0 saturated carbocycles. The first-order valence-corrected chi connectivity index (χ1v) is 4.73. The molecule has 2 fully saturated rings. The third-order valence-corrected chi connectivity index (χ3v) is 3.54. The highest BCUT2D eigenvalue weighted by Gasteiger charge is 2.70. The van der Waals surface area contributed by atoms with Crippen molar-refractivity contribution in [3.05, 3.63) is 12.2 Å². The van der Waals surface area contributed by atoms with E-state index in [-0.39, 0.29) is 25.0 Å². The van der Waals surface area contributed by atoms with E-state index >= 15 is 0 Å². The summed E-state index contributed by atoms with van der Waals surface area (Å²) in [6.07, 6.45) is 5.24. The van der Waals surface area contributed by atoms with Gasteiger partial charge in [-0.05, 0) is 6.42 Å². The summed E-state index contributed by atoms with van der Waals surface area (Å²) in [6.45, 7) is 0.224. The van der Waals surface area contributed by atoms with Gasteiger partial charge in [-0.15, -0.1) is 0 Å². The summed E-state index contributed by atoms with van der Waals surface area (Å²) in [5.41, 5.74) is -1.39. The molecule has 3 aliphatic rings. The molecule has 2 atom stereocenters. The van der Waals surface area contributed by atoms with Crippen molar-refractivity contribution >= 4 is 11.9 Å². The van der Waals surface area contributed by atoms with Crippen LogP contribution in [0.3, 0.4) is 0 Å². The second-order valence-corrected chi connectivity index (χ2v) is 4.18. The number of hydrogen-bond acceptors (Lipinski definition) is 4. The maximum atomic E-state index is 11.7. The average molecular weight is 194 g/mol. The van der Waals surface area contributed by atoms with Gasteiger partial charge in [0.1, 0.15) is 12.0 Å². The van der Waals surface area contributed by atoms with Crippen LogP contribution in [0.5, 0.6) is 0 Å². The maximum Gasteiger partial charge on any atom is 0.317 e. The van der Waals surface area contributed by atoms with E-state index < -0.39 is 11.0 Å². The van der Waals surface area contributed by atoms with Crippen molar-refractivity contribution < 1.29 is 19.1 Å². The van der Waals surface area contributed by atoms with Gasteiger partial charge in [-0.3, -0.25) is 9.59 Å². The van der Waals surface area contributed by atoms with E-state index in [0.29, 0.717) is 12.8 Å². The molecular weight excluding hydrogens is 184 g/mol. The molecule has 0 aromatic rings. The zero-order valence-electron chi connectivity index (χ0n) is 7.62. The second-order valence-electron chi connectivity index (χ2n) is 4.18. The Morgan fingerprint density at radius 1 is 1.21 bits per heavy atom. The molecule has 1 aliphatic carbocycles. The van der Waals surface area contributed by atoms with Gasteiger partial charge < -0.3 is 9.47 Å². The number of rotatable bonds is 0. The summed E-state index contributed by atoms with van der Waals surface area (Å²) in [4.78, 5) is 23.0. The third kappa shape index (κ3) is 0.669. The van der Waals surface area contributed by atoms with Gasteiger partial charge in [0.2, 0.25) is 0 Å². The Bertz CT molecular complexity index is 359. The lowest BCUT2D eigenvalue weighted by Crippen LogP contribution is -2.46. The van der Waals surface area contributed by atoms with Crippen LogP contribution in [-0.4, -0.2) is 24.1 Å². The van der Waals surface area contributed by atoms with Crippen molar-refractivity contribution in [1.29, 1.82) is 0 Å². The van der Waals surface area contributed by atoms with Crippen molar-refractivity contribution in [3.8, 4) is 0 Å². The summed E-state index contributed by atoms with van der Waals surface area (Å²) >= 11 is 0. The Morgan fingerprint density at radius 3 is 2.79 bits per heavy atom. The first kappa shape index (κ1) is 8.03. The molecule has 3 rings (SSSR count). The number of carbonyl (C=O) groups is 2. The van der Waals surface area contributed by atoms with Gasteiger partial charge in [0.15, 0.2) is 5.60 Å². The molecular formula is C10H10O4. The molecule has 2 saturated heterocycles. The van der Waals surface area contributed by atoms with Crippen LogP contribution in [0.15, 0.2) is 12.2 Å². The molecule has 14 heavy (non-hydrogen) atoms. The van der Waals surface area contributed by atoms with E-state index in [9.17, 15) is 9.59 Å². The number of cyclic esters (lactones) is 1. The lowest BCUT2D eigenvalue weighted by atomic mass is 9.67. The molecule has 0 bridgehead atoms. The van der Waals surface area contributed by atoms with Crippen LogP contribution in [0.2, 0.25) is 0 Å². The molecule has 0 unspecified atom stereocenters. The molecule has 0 radical (unpaired) electrons. The monoisotopic (exact) mass is 194 g/mol. The Hall–Kier alpha value is -1.32. The Balaban J connectivity index is 2.16. The fraction of sp³-hybridized carbons (Fsp3) is 0.600. The highest BCUT2D eigenvalue weighted by atomic mass is 16.6. The largest absolute Gasteiger partial charge is 0.461 e. The SMILES string of the molecule is O=C1C[C@@]23CC=CC[C@@]2(COC3=O)O1. The quantitative estimate of drug-likeness (QED) is 0.417. The van der Waals surface area contributed by atoms with Gasteiger partial charge >= 0.3 is 11.9 Å². The van der Waals surface area contributed by atoms with E-state index in [1.165, 1.54) is 0 Å². The standard InChI is InChI=1S/C10H10O4/c11-7-5-9-3-1-2-4-10(9,14-7)6-13-8(9)12/h1-2H,3-6H2/t9-,10+/m1/s1. The zero-order valence-corrected chi connectivity index (χ0v) is 7.62. The predicted octanol–water partition coefficient (Wildman–Crippen LogP) is 0.565. The van der Waals surface area contributed by atoms with E-state index in [4.69, 9.17) is 9.47 Å². The van der Waals surface area contributed by atoms with Gasteiger partial charge in [0.05, 0.1) is 6.42 Å².